The Bertz CT molecular complexity index is 849. The summed E-state index contributed by atoms with van der Waals surface area (Å²) < 4.78 is 51.3. The molecule has 5 nitrogen and oxygen atoms in total. The summed E-state index contributed by atoms with van der Waals surface area (Å²) in [6, 6.07) is 7.64. The van der Waals surface area contributed by atoms with Crippen molar-refractivity contribution in [3.63, 3.8) is 0 Å². The molecule has 2 N–H and O–H groups in total. The van der Waals surface area contributed by atoms with E-state index >= 15 is 0 Å². The van der Waals surface area contributed by atoms with Gasteiger partial charge in [-0.05, 0) is 30.3 Å². The van der Waals surface area contributed by atoms with Crippen molar-refractivity contribution in [1.29, 1.82) is 0 Å². The molecule has 26 heavy (non-hydrogen) atoms. The first-order chi connectivity index (χ1) is 12.2. The molecule has 0 radical (unpaired) electrons. The predicted octanol–water partition coefficient (Wildman–Crippen LogP) is 3.59. The molecular formula is C16H10ClF4N3O2. The zero-order chi connectivity index (χ0) is 19.3. The molecular weight excluding hydrogens is 378 g/mol. The Labute approximate surface area is 149 Å². The van der Waals surface area contributed by atoms with Gasteiger partial charge in [-0.2, -0.15) is 18.3 Å². The zero-order valence-corrected chi connectivity index (χ0v) is 13.5. The number of benzene rings is 2. The van der Waals surface area contributed by atoms with Gasteiger partial charge in [0.2, 0.25) is 0 Å². The van der Waals surface area contributed by atoms with E-state index in [-0.39, 0.29) is 16.3 Å². The summed E-state index contributed by atoms with van der Waals surface area (Å²) in [5.41, 5.74) is 0.513. The average molecular weight is 388 g/mol. The fraction of sp³-hybridized carbons (Fsp3) is 0.0625. The molecule has 0 aliphatic carbocycles. The van der Waals surface area contributed by atoms with Crippen LogP contribution < -0.4 is 10.7 Å². The molecule has 2 rings (SSSR count). The van der Waals surface area contributed by atoms with Gasteiger partial charge >= 0.3 is 18.0 Å². The van der Waals surface area contributed by atoms with Crippen LogP contribution in [0.2, 0.25) is 5.02 Å². The second-order valence-corrected chi connectivity index (χ2v) is 5.27. The van der Waals surface area contributed by atoms with E-state index in [2.05, 4.69) is 5.10 Å². The average Bonchev–Trinajstić information content (AvgIpc) is 2.56. The molecule has 136 valence electrons. The van der Waals surface area contributed by atoms with Crippen LogP contribution in [0.4, 0.5) is 23.2 Å². The van der Waals surface area contributed by atoms with E-state index < -0.39 is 29.4 Å². The highest BCUT2D eigenvalue weighted by atomic mass is 35.5. The normalized spacial score (nSPS) is 11.4. The van der Waals surface area contributed by atoms with Crippen molar-refractivity contribution in [2.45, 2.75) is 6.18 Å². The number of hydrogen-bond acceptors (Lipinski definition) is 3. The van der Waals surface area contributed by atoms with Crippen LogP contribution in [0.25, 0.3) is 0 Å². The number of carbonyl (C=O) groups excluding carboxylic acids is 2. The standard InChI is InChI=1S/C16H10ClF4N3O2/c17-12-5-2-6-13(18)11(12)8-22-24-15(26)14(25)23-10-4-1-3-9(7-10)16(19,20)21/h1-8H,(H,23,25)(H,24,26)/b22-8+. The maximum absolute atomic E-state index is 13.5. The second-order valence-electron chi connectivity index (χ2n) is 4.87. The minimum absolute atomic E-state index is 0.0383. The molecule has 0 saturated heterocycles. The number of alkyl halides is 3. The zero-order valence-electron chi connectivity index (χ0n) is 12.8. The lowest BCUT2D eigenvalue weighted by atomic mass is 10.2. The summed E-state index contributed by atoms with van der Waals surface area (Å²) in [5, 5.41) is 5.43. The van der Waals surface area contributed by atoms with Crippen molar-refractivity contribution in [3.8, 4) is 0 Å². The van der Waals surface area contributed by atoms with Crippen LogP contribution in [0.5, 0.6) is 0 Å². The first-order valence-electron chi connectivity index (χ1n) is 6.94. The first-order valence-corrected chi connectivity index (χ1v) is 7.32. The predicted molar refractivity (Wildman–Crippen MR) is 87.2 cm³/mol. The fourth-order valence-electron chi connectivity index (χ4n) is 1.80. The van der Waals surface area contributed by atoms with Crippen LogP contribution >= 0.6 is 11.6 Å². The first kappa shape index (κ1) is 19.4. The van der Waals surface area contributed by atoms with Crippen LogP contribution in [0.15, 0.2) is 47.6 Å². The Hall–Kier alpha value is -2.94. The summed E-state index contributed by atoms with van der Waals surface area (Å²) in [6.45, 7) is 0. The minimum Gasteiger partial charge on any atom is -0.318 e. The van der Waals surface area contributed by atoms with Crippen molar-refractivity contribution < 1.29 is 27.2 Å². The van der Waals surface area contributed by atoms with E-state index in [1.165, 1.54) is 18.2 Å². The monoisotopic (exact) mass is 387 g/mol. The van der Waals surface area contributed by atoms with Gasteiger partial charge in [0.05, 0.1) is 16.8 Å². The van der Waals surface area contributed by atoms with Crippen LogP contribution in [0.3, 0.4) is 0 Å². The van der Waals surface area contributed by atoms with E-state index in [1.807, 2.05) is 10.7 Å². The number of carbonyl (C=O) groups is 2. The van der Waals surface area contributed by atoms with Crippen LogP contribution in [0, 0.1) is 5.82 Å². The van der Waals surface area contributed by atoms with E-state index in [4.69, 9.17) is 11.6 Å². The molecule has 0 fully saturated rings. The quantitative estimate of drug-likeness (QED) is 0.366. The van der Waals surface area contributed by atoms with Gasteiger partial charge in [0, 0.05) is 11.3 Å². The molecule has 0 spiro atoms. The smallest absolute Gasteiger partial charge is 0.318 e. The van der Waals surface area contributed by atoms with Crippen molar-refractivity contribution in [2.24, 2.45) is 5.10 Å². The Kier molecular flexibility index (Phi) is 5.93. The third-order valence-corrected chi connectivity index (χ3v) is 3.34. The molecule has 10 heteroatoms. The van der Waals surface area contributed by atoms with Crippen molar-refractivity contribution in [3.05, 3.63) is 64.4 Å². The van der Waals surface area contributed by atoms with Gasteiger partial charge < -0.3 is 5.32 Å². The summed E-state index contributed by atoms with van der Waals surface area (Å²) in [7, 11) is 0. The van der Waals surface area contributed by atoms with E-state index in [9.17, 15) is 27.2 Å². The molecule has 0 heterocycles. The van der Waals surface area contributed by atoms with Gasteiger partial charge in [0.25, 0.3) is 0 Å². The molecule has 0 aliphatic heterocycles. The SMILES string of the molecule is O=C(N/N=C/c1c(F)cccc1Cl)C(=O)Nc1cccc(C(F)(F)F)c1. The van der Waals surface area contributed by atoms with Gasteiger partial charge in [0.15, 0.2) is 0 Å². The van der Waals surface area contributed by atoms with E-state index in [0.717, 1.165) is 24.4 Å². The van der Waals surface area contributed by atoms with Crippen LogP contribution in [-0.2, 0) is 15.8 Å². The molecule has 0 saturated carbocycles. The molecule has 0 aromatic heterocycles. The lowest BCUT2D eigenvalue weighted by molar-refractivity contribution is -0.137. The number of hydrogen-bond donors (Lipinski definition) is 2. The number of nitrogens with zero attached hydrogens (tertiary/aromatic N) is 1. The Morgan fingerprint density at radius 2 is 1.77 bits per heavy atom. The molecule has 0 unspecified atom stereocenters. The number of halogens is 5. The molecule has 0 aliphatic rings. The highest BCUT2D eigenvalue weighted by Crippen LogP contribution is 2.30. The van der Waals surface area contributed by atoms with Gasteiger partial charge in [-0.3, -0.25) is 9.59 Å². The van der Waals surface area contributed by atoms with Crippen LogP contribution in [0.1, 0.15) is 11.1 Å². The van der Waals surface area contributed by atoms with Crippen molar-refractivity contribution in [1.82, 2.24) is 5.43 Å². The van der Waals surface area contributed by atoms with Crippen molar-refractivity contribution in [2.75, 3.05) is 5.32 Å². The topological polar surface area (TPSA) is 70.6 Å². The summed E-state index contributed by atoms with van der Waals surface area (Å²) >= 11 is 5.75. The van der Waals surface area contributed by atoms with Crippen LogP contribution in [-0.4, -0.2) is 18.0 Å². The fourth-order valence-corrected chi connectivity index (χ4v) is 2.01. The van der Waals surface area contributed by atoms with Crippen molar-refractivity contribution >= 4 is 35.3 Å². The van der Waals surface area contributed by atoms with E-state index in [0.29, 0.717) is 6.07 Å². The minimum atomic E-state index is -4.59. The Morgan fingerprint density at radius 1 is 1.08 bits per heavy atom. The molecule has 0 bridgehead atoms. The molecule has 0 atom stereocenters. The maximum Gasteiger partial charge on any atom is 0.416 e. The Balaban J connectivity index is 2.00. The lowest BCUT2D eigenvalue weighted by Crippen LogP contribution is -2.32. The third kappa shape index (κ3) is 5.03. The number of rotatable bonds is 3. The Morgan fingerprint density at radius 3 is 2.42 bits per heavy atom. The van der Waals surface area contributed by atoms with E-state index in [1.54, 1.807) is 0 Å². The number of anilines is 1. The highest BCUT2D eigenvalue weighted by Gasteiger charge is 2.30. The van der Waals surface area contributed by atoms with Gasteiger partial charge in [0.1, 0.15) is 5.82 Å². The largest absolute Gasteiger partial charge is 0.416 e. The third-order valence-electron chi connectivity index (χ3n) is 3.01. The summed E-state index contributed by atoms with van der Waals surface area (Å²) in [5.74, 6) is -3.20. The number of hydrazone groups is 1. The number of nitrogens with one attached hydrogen (secondary N) is 2. The molecule has 2 amide bonds. The summed E-state index contributed by atoms with van der Waals surface area (Å²) in [4.78, 5) is 23.3. The number of amides is 2. The summed E-state index contributed by atoms with van der Waals surface area (Å²) in [6.07, 6.45) is -3.70. The molecule has 2 aromatic rings. The van der Waals surface area contributed by atoms with Gasteiger partial charge in [-0.25, -0.2) is 9.82 Å². The lowest BCUT2D eigenvalue weighted by Gasteiger charge is -2.09. The second kappa shape index (κ2) is 7.96. The maximum atomic E-state index is 13.5. The van der Waals surface area contributed by atoms with Gasteiger partial charge in [-0.1, -0.05) is 23.7 Å². The van der Waals surface area contributed by atoms with Gasteiger partial charge in [-0.15, -0.1) is 0 Å². The highest BCUT2D eigenvalue weighted by molar-refractivity contribution is 6.39. The molecule has 2 aromatic carbocycles.